The van der Waals surface area contributed by atoms with E-state index >= 15 is 0 Å². The van der Waals surface area contributed by atoms with Crippen LogP contribution in [-0.4, -0.2) is 18.8 Å². The maximum atomic E-state index is 4.49. The van der Waals surface area contributed by atoms with Crippen molar-refractivity contribution in [3.05, 3.63) is 11.8 Å². The number of aliphatic imine (C=N–C) groups is 1. The summed E-state index contributed by atoms with van der Waals surface area (Å²) in [6.45, 7) is 2.19. The SMILES string of the molecule is C(/C1=NCCCC1)=C1\CCCN1. The van der Waals surface area contributed by atoms with Crippen molar-refractivity contribution >= 4 is 5.71 Å². The molecule has 1 saturated heterocycles. The van der Waals surface area contributed by atoms with Gasteiger partial charge in [-0.1, -0.05) is 0 Å². The molecule has 2 heterocycles. The zero-order chi connectivity index (χ0) is 8.23. The molecule has 0 radical (unpaired) electrons. The van der Waals surface area contributed by atoms with Gasteiger partial charge in [0.15, 0.2) is 0 Å². The van der Waals surface area contributed by atoms with Gasteiger partial charge in [-0.2, -0.15) is 0 Å². The monoisotopic (exact) mass is 164 g/mol. The van der Waals surface area contributed by atoms with Gasteiger partial charge in [0.1, 0.15) is 0 Å². The Balaban J connectivity index is 1.99. The summed E-state index contributed by atoms with van der Waals surface area (Å²) >= 11 is 0. The smallest absolute Gasteiger partial charge is 0.0392 e. The van der Waals surface area contributed by atoms with E-state index in [-0.39, 0.29) is 0 Å². The van der Waals surface area contributed by atoms with E-state index in [0.717, 1.165) is 13.1 Å². The van der Waals surface area contributed by atoms with Crippen LogP contribution in [0.15, 0.2) is 16.8 Å². The number of hydrogen-bond acceptors (Lipinski definition) is 2. The Morgan fingerprint density at radius 1 is 1.17 bits per heavy atom. The van der Waals surface area contributed by atoms with Crippen LogP contribution in [0.2, 0.25) is 0 Å². The predicted molar refractivity (Wildman–Crippen MR) is 51.5 cm³/mol. The molecule has 0 aromatic rings. The van der Waals surface area contributed by atoms with Crippen LogP contribution in [0, 0.1) is 0 Å². The minimum Gasteiger partial charge on any atom is -0.388 e. The molecule has 0 spiro atoms. The van der Waals surface area contributed by atoms with Gasteiger partial charge >= 0.3 is 0 Å². The molecule has 12 heavy (non-hydrogen) atoms. The van der Waals surface area contributed by atoms with E-state index in [2.05, 4.69) is 16.4 Å². The Morgan fingerprint density at radius 2 is 2.17 bits per heavy atom. The van der Waals surface area contributed by atoms with Crippen LogP contribution in [0.3, 0.4) is 0 Å². The standard InChI is InChI=1S/C10H16N2/c1-2-6-11-9(4-1)8-10-5-3-7-12-10/h8,12H,1-7H2/b10-8-. The lowest BCUT2D eigenvalue weighted by atomic mass is 10.1. The van der Waals surface area contributed by atoms with E-state index in [9.17, 15) is 0 Å². The summed E-state index contributed by atoms with van der Waals surface area (Å²) in [5.41, 5.74) is 2.71. The molecule has 0 aromatic carbocycles. The zero-order valence-electron chi connectivity index (χ0n) is 7.47. The molecule has 0 saturated carbocycles. The van der Waals surface area contributed by atoms with Gasteiger partial charge < -0.3 is 5.32 Å². The van der Waals surface area contributed by atoms with Crippen LogP contribution < -0.4 is 5.32 Å². The third-order valence-electron chi connectivity index (χ3n) is 2.47. The summed E-state index contributed by atoms with van der Waals surface area (Å²) in [5.74, 6) is 0. The molecule has 66 valence electrons. The lowest BCUT2D eigenvalue weighted by Crippen LogP contribution is -2.08. The molecule has 0 amide bonds. The first-order valence-corrected chi connectivity index (χ1v) is 4.93. The molecule has 2 aliphatic heterocycles. The Morgan fingerprint density at radius 3 is 2.83 bits per heavy atom. The van der Waals surface area contributed by atoms with E-state index in [1.807, 2.05) is 0 Å². The number of nitrogens with zero attached hydrogens (tertiary/aromatic N) is 1. The second-order valence-corrected chi connectivity index (χ2v) is 3.53. The summed E-state index contributed by atoms with van der Waals surface area (Å²) in [6, 6.07) is 0. The molecule has 0 aromatic heterocycles. The van der Waals surface area contributed by atoms with E-state index in [4.69, 9.17) is 0 Å². The molecule has 1 N–H and O–H groups in total. The predicted octanol–water partition coefficient (Wildman–Crippen LogP) is 1.88. The highest BCUT2D eigenvalue weighted by Crippen LogP contribution is 2.12. The van der Waals surface area contributed by atoms with Crippen molar-refractivity contribution in [1.29, 1.82) is 0 Å². The highest BCUT2D eigenvalue weighted by Gasteiger charge is 2.07. The summed E-state index contributed by atoms with van der Waals surface area (Å²) < 4.78 is 0. The van der Waals surface area contributed by atoms with Crippen LogP contribution in [0.5, 0.6) is 0 Å². The fourth-order valence-corrected chi connectivity index (χ4v) is 1.78. The van der Waals surface area contributed by atoms with E-state index in [1.165, 1.54) is 43.5 Å². The summed E-state index contributed by atoms with van der Waals surface area (Å²) in [4.78, 5) is 4.49. The van der Waals surface area contributed by atoms with Crippen molar-refractivity contribution in [2.45, 2.75) is 32.1 Å². The highest BCUT2D eigenvalue weighted by molar-refractivity contribution is 5.95. The van der Waals surface area contributed by atoms with Crippen molar-refractivity contribution < 1.29 is 0 Å². The molecule has 2 heteroatoms. The molecule has 0 aliphatic carbocycles. The van der Waals surface area contributed by atoms with Crippen molar-refractivity contribution in [3.8, 4) is 0 Å². The van der Waals surface area contributed by atoms with Crippen LogP contribution in [0.1, 0.15) is 32.1 Å². The summed E-state index contributed by atoms with van der Waals surface area (Å²) in [6.07, 6.45) is 8.55. The van der Waals surface area contributed by atoms with E-state index in [0.29, 0.717) is 0 Å². The molecule has 0 bridgehead atoms. The number of hydrogen-bond donors (Lipinski definition) is 1. The summed E-state index contributed by atoms with van der Waals surface area (Å²) in [7, 11) is 0. The maximum Gasteiger partial charge on any atom is 0.0392 e. The van der Waals surface area contributed by atoms with Crippen LogP contribution in [-0.2, 0) is 0 Å². The third kappa shape index (κ3) is 1.87. The molecule has 2 rings (SSSR count). The Bertz CT molecular complexity index is 208. The average Bonchev–Trinajstić information content (AvgIpc) is 2.59. The normalized spacial score (nSPS) is 27.0. The van der Waals surface area contributed by atoms with Crippen molar-refractivity contribution in [2.24, 2.45) is 4.99 Å². The minimum absolute atomic E-state index is 1.04. The highest BCUT2D eigenvalue weighted by atomic mass is 14.9. The second-order valence-electron chi connectivity index (χ2n) is 3.53. The first kappa shape index (κ1) is 7.84. The van der Waals surface area contributed by atoms with Gasteiger partial charge in [-0.15, -0.1) is 0 Å². The third-order valence-corrected chi connectivity index (χ3v) is 2.47. The maximum absolute atomic E-state index is 4.49. The van der Waals surface area contributed by atoms with Crippen LogP contribution >= 0.6 is 0 Å². The molecule has 2 nitrogen and oxygen atoms in total. The number of allylic oxidation sites excluding steroid dienone is 2. The number of rotatable bonds is 1. The first-order valence-electron chi connectivity index (χ1n) is 4.93. The quantitative estimate of drug-likeness (QED) is 0.628. The van der Waals surface area contributed by atoms with Gasteiger partial charge in [-0.25, -0.2) is 0 Å². The van der Waals surface area contributed by atoms with E-state index < -0.39 is 0 Å². The minimum atomic E-state index is 1.04. The van der Waals surface area contributed by atoms with E-state index in [1.54, 1.807) is 0 Å². The molecular weight excluding hydrogens is 148 g/mol. The zero-order valence-corrected chi connectivity index (χ0v) is 7.47. The van der Waals surface area contributed by atoms with Crippen molar-refractivity contribution in [3.63, 3.8) is 0 Å². The van der Waals surface area contributed by atoms with Gasteiger partial charge in [0, 0.05) is 24.5 Å². The molecular formula is C10H16N2. The lowest BCUT2D eigenvalue weighted by molar-refractivity contribution is 0.739. The van der Waals surface area contributed by atoms with Gasteiger partial charge in [-0.05, 0) is 38.2 Å². The lowest BCUT2D eigenvalue weighted by Gasteiger charge is -2.08. The van der Waals surface area contributed by atoms with Crippen molar-refractivity contribution in [1.82, 2.24) is 5.32 Å². The molecule has 1 fully saturated rings. The fourth-order valence-electron chi connectivity index (χ4n) is 1.78. The Labute approximate surface area is 73.8 Å². The topological polar surface area (TPSA) is 24.4 Å². The van der Waals surface area contributed by atoms with Crippen molar-refractivity contribution in [2.75, 3.05) is 13.1 Å². The molecule has 0 atom stereocenters. The van der Waals surface area contributed by atoms with Gasteiger partial charge in [-0.3, -0.25) is 4.99 Å². The Hall–Kier alpha value is -0.790. The fraction of sp³-hybridized carbons (Fsp3) is 0.700. The van der Waals surface area contributed by atoms with Gasteiger partial charge in [0.25, 0.3) is 0 Å². The van der Waals surface area contributed by atoms with Crippen LogP contribution in [0.25, 0.3) is 0 Å². The van der Waals surface area contributed by atoms with Gasteiger partial charge in [0.2, 0.25) is 0 Å². The Kier molecular flexibility index (Phi) is 2.45. The largest absolute Gasteiger partial charge is 0.388 e. The second kappa shape index (κ2) is 3.74. The van der Waals surface area contributed by atoms with Crippen LogP contribution in [0.4, 0.5) is 0 Å². The summed E-state index contributed by atoms with van der Waals surface area (Å²) in [5, 5.41) is 3.38. The molecule has 0 unspecified atom stereocenters. The first-order chi connectivity index (χ1) is 5.95. The number of nitrogens with one attached hydrogen (secondary N) is 1. The average molecular weight is 164 g/mol. The molecule has 2 aliphatic rings. The van der Waals surface area contributed by atoms with Gasteiger partial charge in [0.05, 0.1) is 0 Å².